The summed E-state index contributed by atoms with van der Waals surface area (Å²) in [6, 6.07) is -1.67. The Balaban J connectivity index is 3.73. The van der Waals surface area contributed by atoms with Gasteiger partial charge >= 0.3 is 12.1 Å². The van der Waals surface area contributed by atoms with Crippen LogP contribution in [0.3, 0.4) is 0 Å². The zero-order valence-corrected chi connectivity index (χ0v) is 26.6. The minimum Gasteiger partial charge on any atom is -0.480 e. The molecule has 0 saturated carbocycles. The number of aliphatic carboxylic acids is 1. The maximum absolute atomic E-state index is 12.3. The maximum Gasteiger partial charge on any atom is 0.407 e. The van der Waals surface area contributed by atoms with Gasteiger partial charge in [0.1, 0.15) is 25.3 Å². The van der Waals surface area contributed by atoms with Gasteiger partial charge in [-0.1, -0.05) is 20.8 Å². The first kappa shape index (κ1) is 41.0. The minimum atomic E-state index is -1.08. The van der Waals surface area contributed by atoms with Crippen LogP contribution in [0.2, 0.25) is 0 Å². The van der Waals surface area contributed by atoms with Gasteiger partial charge in [-0.15, -0.1) is 0 Å². The lowest BCUT2D eigenvalue weighted by Gasteiger charge is -2.21. The van der Waals surface area contributed by atoms with Crippen molar-refractivity contribution >= 4 is 29.8 Å². The number of ether oxygens (including phenoxy) is 5. The second-order valence-electron chi connectivity index (χ2n) is 9.87. The fraction of sp³-hybridized carbons (Fsp3) is 0.821. The van der Waals surface area contributed by atoms with Gasteiger partial charge in [0.05, 0.1) is 46.2 Å². The van der Waals surface area contributed by atoms with Gasteiger partial charge in [-0.05, 0) is 45.2 Å². The van der Waals surface area contributed by atoms with Gasteiger partial charge < -0.3 is 55.4 Å². The standard InChI is InChI=1S/C28H53N5O11/c1-5-29-10-8-7-9-22(27(37)38)32-24(35)20-43-18-16-40-13-11-30-23(34)19-42-17-15-41-14-12-31-26(36)25(21(3)4)33-28(39)44-6-2/h21-22,25,29H,5-20H2,1-4H3,(H,30,34)(H,31,36)(H,32,35)(H,33,39)(H,37,38). The quantitative estimate of drug-likeness (QED) is 0.0596. The lowest BCUT2D eigenvalue weighted by molar-refractivity contribution is -0.142. The Morgan fingerprint density at radius 1 is 0.705 bits per heavy atom. The molecule has 4 amide bonds. The Morgan fingerprint density at radius 3 is 1.86 bits per heavy atom. The van der Waals surface area contributed by atoms with Gasteiger partial charge in [-0.3, -0.25) is 14.4 Å². The average molecular weight is 636 g/mol. The van der Waals surface area contributed by atoms with Gasteiger partial charge in [0.25, 0.3) is 0 Å². The molecule has 2 atom stereocenters. The summed E-state index contributed by atoms with van der Waals surface area (Å²) in [6.07, 6.45) is 1.21. The summed E-state index contributed by atoms with van der Waals surface area (Å²) >= 11 is 0. The van der Waals surface area contributed by atoms with Crippen molar-refractivity contribution in [1.82, 2.24) is 26.6 Å². The van der Waals surface area contributed by atoms with Crippen LogP contribution in [0.1, 0.15) is 47.0 Å². The third kappa shape index (κ3) is 23.4. The van der Waals surface area contributed by atoms with Crippen LogP contribution in [0.5, 0.6) is 0 Å². The number of rotatable bonds is 28. The first-order valence-corrected chi connectivity index (χ1v) is 15.1. The molecule has 0 saturated heterocycles. The van der Waals surface area contributed by atoms with E-state index in [9.17, 15) is 29.1 Å². The van der Waals surface area contributed by atoms with Crippen LogP contribution in [0.25, 0.3) is 0 Å². The molecule has 0 aromatic carbocycles. The second-order valence-corrected chi connectivity index (χ2v) is 9.87. The molecule has 2 unspecified atom stereocenters. The van der Waals surface area contributed by atoms with Crippen molar-refractivity contribution in [1.29, 1.82) is 0 Å². The lowest BCUT2D eigenvalue weighted by Crippen LogP contribution is -2.50. The van der Waals surface area contributed by atoms with E-state index in [-0.39, 0.29) is 90.3 Å². The first-order chi connectivity index (χ1) is 21.1. The molecule has 0 rings (SSSR count). The Kier molecular flexibility index (Phi) is 25.6. The molecule has 44 heavy (non-hydrogen) atoms. The Morgan fingerprint density at radius 2 is 1.30 bits per heavy atom. The molecule has 0 aliphatic rings. The van der Waals surface area contributed by atoms with Gasteiger partial charge in [0.2, 0.25) is 17.7 Å². The zero-order valence-electron chi connectivity index (χ0n) is 26.6. The monoisotopic (exact) mass is 635 g/mol. The van der Waals surface area contributed by atoms with Crippen molar-refractivity contribution in [2.45, 2.75) is 59.0 Å². The van der Waals surface area contributed by atoms with Crippen molar-refractivity contribution in [2.75, 3.05) is 85.6 Å². The topological polar surface area (TPSA) is 212 Å². The Labute approximate surface area is 260 Å². The number of hydrogen-bond acceptors (Lipinski definition) is 11. The van der Waals surface area contributed by atoms with E-state index in [0.717, 1.165) is 19.5 Å². The number of amides is 4. The normalized spacial score (nSPS) is 12.3. The Bertz CT molecular complexity index is 817. The molecule has 0 spiro atoms. The third-order valence-electron chi connectivity index (χ3n) is 5.80. The molecule has 0 radical (unpaired) electrons. The predicted octanol–water partition coefficient (Wildman–Crippen LogP) is -0.595. The molecule has 16 nitrogen and oxygen atoms in total. The van der Waals surface area contributed by atoms with E-state index in [1.807, 2.05) is 20.8 Å². The number of carboxylic acid groups (broad SMARTS) is 1. The summed E-state index contributed by atoms with van der Waals surface area (Å²) < 4.78 is 26.0. The molecule has 0 aliphatic heterocycles. The second kappa shape index (κ2) is 27.5. The highest BCUT2D eigenvalue weighted by molar-refractivity contribution is 5.86. The number of carboxylic acids is 1. The third-order valence-corrected chi connectivity index (χ3v) is 5.80. The number of unbranched alkanes of at least 4 members (excludes halogenated alkanes) is 1. The first-order valence-electron chi connectivity index (χ1n) is 15.1. The largest absolute Gasteiger partial charge is 0.480 e. The van der Waals surface area contributed by atoms with Crippen LogP contribution >= 0.6 is 0 Å². The van der Waals surface area contributed by atoms with E-state index in [1.165, 1.54) is 0 Å². The summed E-state index contributed by atoms with van der Waals surface area (Å²) in [5.74, 6) is -2.37. The van der Waals surface area contributed by atoms with Crippen molar-refractivity contribution in [2.24, 2.45) is 5.92 Å². The molecule has 16 heteroatoms. The summed E-state index contributed by atoms with van der Waals surface area (Å²) in [4.78, 5) is 59.0. The van der Waals surface area contributed by atoms with Crippen LogP contribution in [-0.2, 0) is 42.9 Å². The van der Waals surface area contributed by atoms with Crippen LogP contribution in [0, 0.1) is 5.92 Å². The predicted molar refractivity (Wildman–Crippen MR) is 160 cm³/mol. The SMILES string of the molecule is CCNCCCCC(NC(=O)COCCOCCNC(=O)COCCOCCNC(=O)C(NC(=O)OCC)C(C)C)C(=O)O. The lowest BCUT2D eigenvalue weighted by atomic mass is 10.0. The molecule has 0 fully saturated rings. The highest BCUT2D eigenvalue weighted by Gasteiger charge is 2.24. The summed E-state index contributed by atoms with van der Waals surface area (Å²) in [5.41, 5.74) is 0. The number of nitrogens with one attached hydrogen (secondary N) is 5. The van der Waals surface area contributed by atoms with Crippen molar-refractivity contribution < 1.29 is 52.8 Å². The molecule has 0 heterocycles. The number of carbonyl (C=O) groups is 5. The minimum absolute atomic E-state index is 0.125. The van der Waals surface area contributed by atoms with Crippen LogP contribution in [0.4, 0.5) is 4.79 Å². The summed E-state index contributed by atoms with van der Waals surface area (Å²) in [5, 5.41) is 22.8. The average Bonchev–Trinajstić information content (AvgIpc) is 2.97. The number of alkyl carbamates (subject to hydrolysis) is 1. The van der Waals surface area contributed by atoms with E-state index < -0.39 is 30.1 Å². The molecule has 6 N–H and O–H groups in total. The van der Waals surface area contributed by atoms with Gasteiger partial charge in [-0.25, -0.2) is 9.59 Å². The fourth-order valence-corrected chi connectivity index (χ4v) is 3.54. The fourth-order valence-electron chi connectivity index (χ4n) is 3.54. The van der Waals surface area contributed by atoms with E-state index >= 15 is 0 Å². The molecule has 256 valence electrons. The molecule has 0 bridgehead atoms. The van der Waals surface area contributed by atoms with E-state index in [4.69, 9.17) is 23.7 Å². The van der Waals surface area contributed by atoms with E-state index in [1.54, 1.807) is 6.92 Å². The summed E-state index contributed by atoms with van der Waals surface area (Å²) in [6.45, 7) is 10.5. The summed E-state index contributed by atoms with van der Waals surface area (Å²) in [7, 11) is 0. The highest BCUT2D eigenvalue weighted by atomic mass is 16.5. The van der Waals surface area contributed by atoms with Gasteiger partial charge in [0.15, 0.2) is 0 Å². The zero-order chi connectivity index (χ0) is 33.0. The molecule has 0 aromatic rings. The number of carbonyl (C=O) groups excluding carboxylic acids is 4. The Hall–Kier alpha value is -3.05. The molecule has 0 aromatic heterocycles. The van der Waals surface area contributed by atoms with Crippen LogP contribution in [-0.4, -0.2) is 133 Å². The maximum atomic E-state index is 12.3. The van der Waals surface area contributed by atoms with Crippen molar-refractivity contribution in [3.8, 4) is 0 Å². The molecular weight excluding hydrogens is 582 g/mol. The van der Waals surface area contributed by atoms with Gasteiger partial charge in [-0.2, -0.15) is 0 Å². The van der Waals surface area contributed by atoms with E-state index in [2.05, 4.69) is 26.6 Å². The van der Waals surface area contributed by atoms with Crippen molar-refractivity contribution in [3.63, 3.8) is 0 Å². The van der Waals surface area contributed by atoms with Gasteiger partial charge in [0, 0.05) is 13.1 Å². The van der Waals surface area contributed by atoms with E-state index in [0.29, 0.717) is 12.8 Å². The van der Waals surface area contributed by atoms with Crippen molar-refractivity contribution in [3.05, 3.63) is 0 Å². The van der Waals surface area contributed by atoms with Crippen LogP contribution in [0.15, 0.2) is 0 Å². The smallest absolute Gasteiger partial charge is 0.407 e. The number of hydrogen-bond donors (Lipinski definition) is 6. The highest BCUT2D eigenvalue weighted by Crippen LogP contribution is 2.03. The molecular formula is C28H53N5O11. The van der Waals surface area contributed by atoms with Crippen LogP contribution < -0.4 is 26.6 Å². The molecule has 0 aliphatic carbocycles.